The summed E-state index contributed by atoms with van der Waals surface area (Å²) < 4.78 is 0. The van der Waals surface area contributed by atoms with Crippen molar-refractivity contribution in [2.45, 2.75) is 72.6 Å². The quantitative estimate of drug-likeness (QED) is 0.788. The molecule has 19 heavy (non-hydrogen) atoms. The van der Waals surface area contributed by atoms with Crippen molar-refractivity contribution in [3.8, 4) is 0 Å². The van der Waals surface area contributed by atoms with Crippen molar-refractivity contribution in [1.29, 1.82) is 0 Å². The van der Waals surface area contributed by atoms with Gasteiger partial charge in [-0.1, -0.05) is 27.7 Å². The predicted octanol–water partition coefficient (Wildman–Crippen LogP) is 4.60. The van der Waals surface area contributed by atoms with Gasteiger partial charge in [-0.05, 0) is 85.5 Å². The topological polar surface area (TPSA) is 26.0 Å². The van der Waals surface area contributed by atoms with Gasteiger partial charge in [0.25, 0.3) is 0 Å². The lowest BCUT2D eigenvalue weighted by Crippen LogP contribution is -2.58. The monoisotopic (exact) mass is 263 g/mol. The van der Waals surface area contributed by atoms with Crippen LogP contribution < -0.4 is 5.73 Å². The summed E-state index contributed by atoms with van der Waals surface area (Å²) in [6.45, 7) is 10.6. The highest BCUT2D eigenvalue weighted by molar-refractivity contribution is 5.11. The van der Waals surface area contributed by atoms with E-state index in [0.717, 1.165) is 24.3 Å². The van der Waals surface area contributed by atoms with E-state index < -0.39 is 0 Å². The molecular weight excluding hydrogens is 230 g/mol. The van der Waals surface area contributed by atoms with Crippen LogP contribution in [-0.4, -0.2) is 6.54 Å². The van der Waals surface area contributed by atoms with Gasteiger partial charge >= 0.3 is 0 Å². The molecule has 0 aromatic carbocycles. The Morgan fingerprint density at radius 2 is 1.68 bits per heavy atom. The van der Waals surface area contributed by atoms with E-state index in [1.165, 1.54) is 44.9 Å². The molecule has 4 fully saturated rings. The summed E-state index contributed by atoms with van der Waals surface area (Å²) >= 11 is 0. The molecule has 4 rings (SSSR count). The molecule has 2 atom stereocenters. The Hall–Kier alpha value is -0.0400. The first-order chi connectivity index (χ1) is 8.80. The van der Waals surface area contributed by atoms with E-state index in [1.54, 1.807) is 0 Å². The molecular formula is C18H33N. The first-order valence-corrected chi connectivity index (χ1v) is 8.50. The second kappa shape index (κ2) is 4.23. The van der Waals surface area contributed by atoms with Gasteiger partial charge in [0.2, 0.25) is 0 Å². The zero-order valence-corrected chi connectivity index (χ0v) is 13.5. The summed E-state index contributed by atoms with van der Waals surface area (Å²) in [5, 5.41) is 0. The average molecular weight is 263 g/mol. The smallest absolute Gasteiger partial charge is 0.00205 e. The van der Waals surface area contributed by atoms with E-state index in [2.05, 4.69) is 27.7 Å². The maximum Gasteiger partial charge on any atom is -0.00205 e. The molecule has 0 amide bonds. The molecule has 110 valence electrons. The number of hydrogen-bond acceptors (Lipinski definition) is 1. The molecule has 2 N–H and O–H groups in total. The van der Waals surface area contributed by atoms with Gasteiger partial charge in [-0.25, -0.2) is 0 Å². The lowest BCUT2D eigenvalue weighted by atomic mass is 9.38. The molecule has 2 unspecified atom stereocenters. The molecule has 0 spiro atoms. The molecule has 1 nitrogen and oxygen atoms in total. The average Bonchev–Trinajstić information content (AvgIpc) is 2.24. The second-order valence-electron chi connectivity index (χ2n) is 9.43. The van der Waals surface area contributed by atoms with Crippen LogP contribution in [0.3, 0.4) is 0 Å². The third-order valence-electron chi connectivity index (χ3n) is 6.97. The summed E-state index contributed by atoms with van der Waals surface area (Å²) in [6.07, 6.45) is 10.5. The van der Waals surface area contributed by atoms with Crippen LogP contribution in [0.4, 0.5) is 0 Å². The molecule has 0 aromatic rings. The fourth-order valence-corrected chi connectivity index (χ4v) is 6.57. The lowest BCUT2D eigenvalue weighted by Gasteiger charge is -2.67. The fraction of sp³-hybridized carbons (Fsp3) is 1.00. The van der Waals surface area contributed by atoms with Crippen molar-refractivity contribution < 1.29 is 0 Å². The zero-order chi connectivity index (χ0) is 13.9. The minimum absolute atomic E-state index is 0.340. The predicted molar refractivity (Wildman–Crippen MR) is 81.8 cm³/mol. The highest BCUT2D eigenvalue weighted by Crippen LogP contribution is 2.70. The van der Waals surface area contributed by atoms with Crippen LogP contribution in [0.5, 0.6) is 0 Å². The van der Waals surface area contributed by atoms with Gasteiger partial charge in [-0.2, -0.15) is 0 Å². The molecule has 4 aliphatic rings. The first-order valence-electron chi connectivity index (χ1n) is 8.50. The maximum atomic E-state index is 6.17. The Morgan fingerprint density at radius 1 is 1.11 bits per heavy atom. The zero-order valence-electron chi connectivity index (χ0n) is 13.5. The van der Waals surface area contributed by atoms with Crippen molar-refractivity contribution in [2.24, 2.45) is 39.7 Å². The van der Waals surface area contributed by atoms with Crippen molar-refractivity contribution >= 4 is 0 Å². The van der Waals surface area contributed by atoms with Crippen molar-refractivity contribution in [2.75, 3.05) is 6.54 Å². The Bertz CT molecular complexity index is 335. The third-order valence-corrected chi connectivity index (χ3v) is 6.97. The summed E-state index contributed by atoms with van der Waals surface area (Å²) in [4.78, 5) is 0. The van der Waals surface area contributed by atoms with Gasteiger partial charge in [0, 0.05) is 0 Å². The van der Waals surface area contributed by atoms with Gasteiger partial charge in [-0.3, -0.25) is 0 Å². The number of hydrogen-bond donors (Lipinski definition) is 1. The standard InChI is InChI=1S/C18H33N/c1-13(2)6-17-7-14-5-15(8-17)10-18(9-14,11-17)16(3,4)12-19/h13-15H,5-12,19H2,1-4H3. The molecule has 0 aromatic heterocycles. The lowest BCUT2D eigenvalue weighted by molar-refractivity contribution is -0.164. The third kappa shape index (κ3) is 2.07. The SMILES string of the molecule is CC(C)CC12CC3CC(C1)CC(C(C)(C)CN)(C3)C2. The molecule has 4 saturated carbocycles. The Labute approximate surface area is 119 Å². The highest BCUT2D eigenvalue weighted by atomic mass is 14.7. The van der Waals surface area contributed by atoms with Crippen LogP contribution in [0.15, 0.2) is 0 Å². The molecule has 4 bridgehead atoms. The molecule has 0 saturated heterocycles. The van der Waals surface area contributed by atoms with Crippen LogP contribution in [0, 0.1) is 34.0 Å². The van der Waals surface area contributed by atoms with E-state index in [0.29, 0.717) is 16.2 Å². The van der Waals surface area contributed by atoms with E-state index >= 15 is 0 Å². The fourth-order valence-electron chi connectivity index (χ4n) is 6.57. The van der Waals surface area contributed by atoms with Crippen LogP contribution >= 0.6 is 0 Å². The van der Waals surface area contributed by atoms with Gasteiger partial charge < -0.3 is 5.73 Å². The van der Waals surface area contributed by atoms with E-state index in [4.69, 9.17) is 5.73 Å². The minimum atomic E-state index is 0.340. The minimum Gasteiger partial charge on any atom is -0.330 e. The van der Waals surface area contributed by atoms with E-state index in [-0.39, 0.29) is 0 Å². The number of nitrogens with two attached hydrogens (primary N) is 1. The largest absolute Gasteiger partial charge is 0.330 e. The van der Waals surface area contributed by atoms with Crippen molar-refractivity contribution in [3.63, 3.8) is 0 Å². The van der Waals surface area contributed by atoms with Crippen LogP contribution in [0.1, 0.15) is 72.6 Å². The summed E-state index contributed by atoms with van der Waals surface area (Å²) in [5.74, 6) is 2.89. The number of rotatable bonds is 4. The van der Waals surface area contributed by atoms with Crippen molar-refractivity contribution in [3.05, 3.63) is 0 Å². The molecule has 0 aliphatic heterocycles. The van der Waals surface area contributed by atoms with Gasteiger partial charge in [0.05, 0.1) is 0 Å². The Balaban J connectivity index is 1.93. The van der Waals surface area contributed by atoms with Crippen LogP contribution in [0.2, 0.25) is 0 Å². The second-order valence-corrected chi connectivity index (χ2v) is 9.43. The Kier molecular flexibility index (Phi) is 3.10. The Morgan fingerprint density at radius 3 is 2.16 bits per heavy atom. The maximum absolute atomic E-state index is 6.17. The van der Waals surface area contributed by atoms with Gasteiger partial charge in [0.1, 0.15) is 0 Å². The van der Waals surface area contributed by atoms with Crippen LogP contribution in [0.25, 0.3) is 0 Å². The molecule has 4 aliphatic carbocycles. The summed E-state index contributed by atoms with van der Waals surface area (Å²) in [6, 6.07) is 0. The molecule has 0 radical (unpaired) electrons. The normalized spacial score (nSPS) is 45.2. The molecule has 0 heterocycles. The van der Waals surface area contributed by atoms with Crippen molar-refractivity contribution in [1.82, 2.24) is 0 Å². The summed E-state index contributed by atoms with van der Waals surface area (Å²) in [7, 11) is 0. The van der Waals surface area contributed by atoms with E-state index in [1.807, 2.05) is 0 Å². The van der Waals surface area contributed by atoms with Gasteiger partial charge in [0.15, 0.2) is 0 Å². The van der Waals surface area contributed by atoms with Gasteiger partial charge in [-0.15, -0.1) is 0 Å². The van der Waals surface area contributed by atoms with Crippen LogP contribution in [-0.2, 0) is 0 Å². The highest BCUT2D eigenvalue weighted by Gasteiger charge is 2.61. The summed E-state index contributed by atoms with van der Waals surface area (Å²) in [5.41, 5.74) is 7.77. The first kappa shape index (κ1) is 13.9. The molecule has 1 heteroatoms. The van der Waals surface area contributed by atoms with E-state index in [9.17, 15) is 0 Å².